The van der Waals surface area contributed by atoms with E-state index >= 15 is 4.39 Å². The maximum absolute atomic E-state index is 15.9. The molecule has 0 saturated carbocycles. The topological polar surface area (TPSA) is 59.3 Å². The summed E-state index contributed by atoms with van der Waals surface area (Å²) in [6, 6.07) is 15.5. The predicted molar refractivity (Wildman–Crippen MR) is 111 cm³/mol. The molecule has 2 heterocycles. The summed E-state index contributed by atoms with van der Waals surface area (Å²) < 4.78 is 22.9. The summed E-state index contributed by atoms with van der Waals surface area (Å²) in [6.07, 6.45) is 0.680. The van der Waals surface area contributed by atoms with Gasteiger partial charge in [0.2, 0.25) is 0 Å². The summed E-state index contributed by atoms with van der Waals surface area (Å²) in [7, 11) is 1.62. The number of nitrogens with zero attached hydrogens (tertiary/aromatic N) is 2. The summed E-state index contributed by atoms with van der Waals surface area (Å²) in [4.78, 5) is 0. The van der Waals surface area contributed by atoms with Crippen molar-refractivity contribution >= 4 is 0 Å². The molecule has 0 amide bonds. The van der Waals surface area contributed by atoms with Gasteiger partial charge < -0.3 is 15.2 Å². The third-order valence-corrected chi connectivity index (χ3v) is 5.60. The first-order valence-electron chi connectivity index (χ1n) is 9.90. The maximum Gasteiger partial charge on any atom is 0.157 e. The number of aryl methyl sites for hydroxylation is 1. The zero-order valence-electron chi connectivity index (χ0n) is 16.8. The van der Waals surface area contributed by atoms with E-state index in [1.54, 1.807) is 11.8 Å². The van der Waals surface area contributed by atoms with Crippen LogP contribution >= 0.6 is 0 Å². The molecule has 0 radical (unpaired) electrons. The molecule has 0 unspecified atom stereocenters. The Balaban J connectivity index is 1.93. The van der Waals surface area contributed by atoms with Crippen molar-refractivity contribution in [1.29, 1.82) is 0 Å². The molecule has 4 rings (SSSR count). The summed E-state index contributed by atoms with van der Waals surface area (Å²) in [5.41, 5.74) is 2.88. The van der Waals surface area contributed by atoms with Crippen LogP contribution in [-0.2, 0) is 12.3 Å². The third-order valence-electron chi connectivity index (χ3n) is 5.60. The molecule has 29 heavy (non-hydrogen) atoms. The van der Waals surface area contributed by atoms with Gasteiger partial charge in [-0.2, -0.15) is 5.10 Å². The Hall–Kier alpha value is -2.70. The van der Waals surface area contributed by atoms with Gasteiger partial charge in [-0.05, 0) is 57.1 Å². The molecule has 1 aliphatic heterocycles. The van der Waals surface area contributed by atoms with Gasteiger partial charge in [0, 0.05) is 11.1 Å². The SMILES string of the molecule is COc1ccc(-n2nc(C3(F)CCNCC3)c(CO)c2-c2ccc(C)cc2)cc1. The summed E-state index contributed by atoms with van der Waals surface area (Å²) >= 11 is 0. The number of hydrogen-bond donors (Lipinski definition) is 2. The summed E-state index contributed by atoms with van der Waals surface area (Å²) in [5.74, 6) is 0.737. The predicted octanol–water partition coefficient (Wildman–Crippen LogP) is 3.90. The van der Waals surface area contributed by atoms with Gasteiger partial charge in [0.15, 0.2) is 5.67 Å². The number of aliphatic hydroxyl groups is 1. The van der Waals surface area contributed by atoms with E-state index in [1.807, 2.05) is 55.5 Å². The van der Waals surface area contributed by atoms with Crippen LogP contribution in [0.1, 0.15) is 29.7 Å². The monoisotopic (exact) mass is 395 g/mol. The van der Waals surface area contributed by atoms with Crippen LogP contribution in [0.4, 0.5) is 4.39 Å². The molecule has 152 valence electrons. The molecule has 1 saturated heterocycles. The molecule has 0 bridgehead atoms. The number of methoxy groups -OCH3 is 1. The van der Waals surface area contributed by atoms with Crippen molar-refractivity contribution in [3.05, 3.63) is 65.4 Å². The Morgan fingerprint density at radius 3 is 2.34 bits per heavy atom. The molecular weight excluding hydrogens is 369 g/mol. The molecule has 1 aromatic heterocycles. The second-order valence-corrected chi connectivity index (χ2v) is 7.53. The van der Waals surface area contributed by atoms with Crippen molar-refractivity contribution in [3.63, 3.8) is 0 Å². The summed E-state index contributed by atoms with van der Waals surface area (Å²) in [6.45, 7) is 2.94. The van der Waals surface area contributed by atoms with E-state index in [9.17, 15) is 5.11 Å². The Morgan fingerprint density at radius 2 is 1.76 bits per heavy atom. The quantitative estimate of drug-likeness (QED) is 0.688. The number of benzene rings is 2. The van der Waals surface area contributed by atoms with E-state index in [4.69, 9.17) is 9.84 Å². The molecule has 5 nitrogen and oxygen atoms in total. The highest BCUT2D eigenvalue weighted by atomic mass is 19.1. The fraction of sp³-hybridized carbons (Fsp3) is 0.348. The largest absolute Gasteiger partial charge is 0.497 e. The van der Waals surface area contributed by atoms with Crippen molar-refractivity contribution in [2.24, 2.45) is 0 Å². The van der Waals surface area contributed by atoms with E-state index in [-0.39, 0.29) is 6.61 Å². The third kappa shape index (κ3) is 3.66. The number of rotatable bonds is 5. The molecule has 3 aromatic rings. The molecule has 0 atom stereocenters. The number of hydrogen-bond acceptors (Lipinski definition) is 4. The van der Waals surface area contributed by atoms with Crippen molar-refractivity contribution in [3.8, 4) is 22.7 Å². The van der Waals surface area contributed by atoms with Gasteiger partial charge in [-0.3, -0.25) is 0 Å². The molecule has 0 aliphatic carbocycles. The average molecular weight is 395 g/mol. The van der Waals surface area contributed by atoms with Gasteiger partial charge in [0.05, 0.1) is 25.1 Å². The second-order valence-electron chi connectivity index (χ2n) is 7.53. The number of piperidine rings is 1. The van der Waals surface area contributed by atoms with Gasteiger partial charge >= 0.3 is 0 Å². The molecule has 2 aromatic carbocycles. The van der Waals surface area contributed by atoms with Crippen LogP contribution in [0, 0.1) is 6.92 Å². The van der Waals surface area contributed by atoms with Crippen molar-refractivity contribution in [1.82, 2.24) is 15.1 Å². The Bertz CT molecular complexity index is 975. The lowest BCUT2D eigenvalue weighted by Crippen LogP contribution is -2.37. The summed E-state index contributed by atoms with van der Waals surface area (Å²) in [5, 5.41) is 18.2. The molecule has 6 heteroatoms. The van der Waals surface area contributed by atoms with E-state index in [0.717, 1.165) is 28.3 Å². The van der Waals surface area contributed by atoms with Crippen LogP contribution in [0.5, 0.6) is 5.75 Å². The molecule has 1 fully saturated rings. The van der Waals surface area contributed by atoms with Gasteiger partial charge in [0.25, 0.3) is 0 Å². The Kier molecular flexibility index (Phi) is 5.39. The Labute approximate surface area is 170 Å². The lowest BCUT2D eigenvalue weighted by molar-refractivity contribution is 0.106. The van der Waals surface area contributed by atoms with Gasteiger partial charge in [0.1, 0.15) is 11.4 Å². The highest BCUT2D eigenvalue weighted by Crippen LogP contribution is 2.41. The maximum atomic E-state index is 15.9. The normalized spacial score (nSPS) is 16.0. The first-order valence-corrected chi connectivity index (χ1v) is 9.90. The number of ether oxygens (including phenoxy) is 1. The lowest BCUT2D eigenvalue weighted by Gasteiger charge is -2.29. The minimum Gasteiger partial charge on any atom is -0.497 e. The minimum atomic E-state index is -1.56. The number of halogens is 1. The van der Waals surface area contributed by atoms with Crippen LogP contribution in [0.15, 0.2) is 48.5 Å². The molecule has 0 spiro atoms. The number of alkyl halides is 1. The Morgan fingerprint density at radius 1 is 1.10 bits per heavy atom. The van der Waals surface area contributed by atoms with Gasteiger partial charge in [-0.15, -0.1) is 0 Å². The van der Waals surface area contributed by atoms with Crippen LogP contribution in [0.25, 0.3) is 16.9 Å². The average Bonchev–Trinajstić information content (AvgIpc) is 3.15. The zero-order valence-corrected chi connectivity index (χ0v) is 16.8. The first kappa shape index (κ1) is 19.6. The molecule has 1 aliphatic rings. The smallest absolute Gasteiger partial charge is 0.157 e. The van der Waals surface area contributed by atoms with Crippen LogP contribution in [0.3, 0.4) is 0 Å². The van der Waals surface area contributed by atoms with Crippen LogP contribution in [0.2, 0.25) is 0 Å². The highest BCUT2D eigenvalue weighted by Gasteiger charge is 2.40. The molecular formula is C23H26FN3O2. The zero-order chi connectivity index (χ0) is 20.4. The van der Waals surface area contributed by atoms with Gasteiger partial charge in [-0.1, -0.05) is 29.8 Å². The van der Waals surface area contributed by atoms with Crippen LogP contribution < -0.4 is 10.1 Å². The first-order chi connectivity index (χ1) is 14.1. The minimum absolute atomic E-state index is 0.270. The number of nitrogens with one attached hydrogen (secondary N) is 1. The number of aliphatic hydroxyl groups excluding tert-OH is 1. The fourth-order valence-corrected chi connectivity index (χ4v) is 3.94. The van der Waals surface area contributed by atoms with E-state index in [0.29, 0.717) is 37.2 Å². The van der Waals surface area contributed by atoms with E-state index in [2.05, 4.69) is 5.32 Å². The van der Waals surface area contributed by atoms with E-state index in [1.165, 1.54) is 0 Å². The standard InChI is InChI=1S/C23H26FN3O2/c1-16-3-5-17(6-4-16)21-20(15-28)22(23(24)11-13-25-14-12-23)26-27(21)18-7-9-19(29-2)10-8-18/h3-10,25,28H,11-15H2,1-2H3. The lowest BCUT2D eigenvalue weighted by atomic mass is 9.87. The van der Waals surface area contributed by atoms with Crippen molar-refractivity contribution < 1.29 is 14.2 Å². The molecule has 2 N–H and O–H groups in total. The van der Waals surface area contributed by atoms with E-state index < -0.39 is 5.67 Å². The van der Waals surface area contributed by atoms with Crippen LogP contribution in [-0.4, -0.2) is 35.1 Å². The van der Waals surface area contributed by atoms with Crippen molar-refractivity contribution in [2.75, 3.05) is 20.2 Å². The highest BCUT2D eigenvalue weighted by molar-refractivity contribution is 5.68. The van der Waals surface area contributed by atoms with Crippen molar-refractivity contribution in [2.45, 2.75) is 32.0 Å². The number of aromatic nitrogens is 2. The fourth-order valence-electron chi connectivity index (χ4n) is 3.94. The second kappa shape index (κ2) is 7.97. The van der Waals surface area contributed by atoms with Gasteiger partial charge in [-0.25, -0.2) is 9.07 Å².